The molecule has 4 rings (SSSR count). The van der Waals surface area contributed by atoms with E-state index in [1.165, 1.54) is 17.7 Å². The second-order valence-electron chi connectivity index (χ2n) is 9.18. The minimum atomic E-state index is -0.235. The van der Waals surface area contributed by atoms with E-state index >= 15 is 0 Å². The third kappa shape index (κ3) is 5.72. The average molecular weight is 458 g/mol. The number of hydrogen-bond donors (Lipinski definition) is 1. The highest BCUT2D eigenvalue weighted by atomic mass is 19.1. The Morgan fingerprint density at radius 3 is 2.53 bits per heavy atom. The fourth-order valence-electron chi connectivity index (χ4n) is 4.44. The monoisotopic (exact) mass is 457 g/mol. The van der Waals surface area contributed by atoms with Gasteiger partial charge in [0.15, 0.2) is 0 Å². The lowest BCUT2D eigenvalue weighted by Crippen LogP contribution is -2.32. The molecule has 0 aliphatic rings. The number of carbonyl (C=O) groups is 1. The molecule has 0 saturated carbocycles. The summed E-state index contributed by atoms with van der Waals surface area (Å²) in [5.41, 5.74) is 5.57. The molecule has 1 heterocycles. The number of carbonyl (C=O) groups excluding carboxylic acids is 1. The highest BCUT2D eigenvalue weighted by molar-refractivity contribution is 5.86. The third-order valence-corrected chi connectivity index (χ3v) is 6.18. The number of nitrogens with one attached hydrogen (secondary N) is 1. The lowest BCUT2D eigenvalue weighted by atomic mass is 9.87. The number of rotatable bonds is 9. The van der Waals surface area contributed by atoms with Crippen LogP contribution >= 0.6 is 0 Å². The molecule has 0 unspecified atom stereocenters. The Balaban J connectivity index is 1.71. The van der Waals surface area contributed by atoms with E-state index in [0.717, 1.165) is 34.1 Å². The highest BCUT2D eigenvalue weighted by Crippen LogP contribution is 2.35. The first-order valence-electron chi connectivity index (χ1n) is 11.7. The van der Waals surface area contributed by atoms with Crippen LogP contribution in [0.4, 0.5) is 4.39 Å². The number of halogens is 1. The minimum absolute atomic E-state index is 0.0451. The van der Waals surface area contributed by atoms with Gasteiger partial charge >= 0.3 is 0 Å². The number of hydrogen-bond acceptors (Lipinski definition) is 2. The quantitative estimate of drug-likeness (QED) is 0.369. The van der Waals surface area contributed by atoms with E-state index in [1.807, 2.05) is 38.4 Å². The maximum absolute atomic E-state index is 13.4. The van der Waals surface area contributed by atoms with E-state index in [2.05, 4.69) is 64.3 Å². The number of aryl methyl sites for hydroxylation is 1. The van der Waals surface area contributed by atoms with Gasteiger partial charge in [-0.25, -0.2) is 4.39 Å². The molecule has 0 saturated heterocycles. The minimum Gasteiger partial charge on any atom is -0.355 e. The van der Waals surface area contributed by atoms with Crippen molar-refractivity contribution in [2.75, 3.05) is 27.2 Å². The molecule has 0 bridgehead atoms. The van der Waals surface area contributed by atoms with Gasteiger partial charge in [-0.2, -0.15) is 0 Å². The number of nitrogens with zero attached hydrogens (tertiary/aromatic N) is 2. The van der Waals surface area contributed by atoms with Gasteiger partial charge in [0.2, 0.25) is 5.91 Å². The molecule has 1 N–H and O–H groups in total. The van der Waals surface area contributed by atoms with Crippen LogP contribution in [-0.4, -0.2) is 42.6 Å². The second-order valence-corrected chi connectivity index (χ2v) is 9.18. The Hall–Kier alpha value is -3.44. The molecule has 3 aromatic carbocycles. The van der Waals surface area contributed by atoms with E-state index in [1.54, 1.807) is 0 Å². The molecule has 5 heteroatoms. The number of para-hydroxylation sites is 1. The number of amides is 1. The van der Waals surface area contributed by atoms with Crippen molar-refractivity contribution in [3.63, 3.8) is 0 Å². The third-order valence-electron chi connectivity index (χ3n) is 6.18. The van der Waals surface area contributed by atoms with Crippen molar-refractivity contribution in [3.8, 4) is 0 Å². The summed E-state index contributed by atoms with van der Waals surface area (Å²) >= 11 is 0. The molecule has 0 radical (unpaired) electrons. The summed E-state index contributed by atoms with van der Waals surface area (Å²) in [5.74, 6) is -0.260. The zero-order chi connectivity index (χ0) is 24.1. The molecular formula is C29H32FN3O. The van der Waals surface area contributed by atoms with Crippen molar-refractivity contribution in [2.45, 2.75) is 25.8 Å². The van der Waals surface area contributed by atoms with E-state index < -0.39 is 0 Å². The molecule has 0 aliphatic carbocycles. The Morgan fingerprint density at radius 1 is 1.03 bits per heavy atom. The number of benzene rings is 3. The van der Waals surface area contributed by atoms with Crippen molar-refractivity contribution in [1.82, 2.24) is 14.8 Å². The molecule has 0 fully saturated rings. The van der Waals surface area contributed by atoms with Crippen LogP contribution < -0.4 is 5.32 Å². The van der Waals surface area contributed by atoms with Crippen molar-refractivity contribution < 1.29 is 9.18 Å². The van der Waals surface area contributed by atoms with Crippen LogP contribution in [0.25, 0.3) is 10.9 Å². The predicted molar refractivity (Wildman–Crippen MR) is 137 cm³/mol. The molecule has 1 amide bonds. The molecule has 0 spiro atoms. The molecule has 4 nitrogen and oxygen atoms in total. The van der Waals surface area contributed by atoms with E-state index in [-0.39, 0.29) is 17.6 Å². The SMILES string of the molecule is Cc1cccc([C@@H](CC(=O)NCCN(C)C)c2cn(Cc3ccc(F)cc3)c3ccccc23)c1. The van der Waals surface area contributed by atoms with Gasteiger partial charge in [0.05, 0.1) is 0 Å². The van der Waals surface area contributed by atoms with Gasteiger partial charge < -0.3 is 14.8 Å². The standard InChI is InChI=1S/C29H32FN3O/c1-21-7-6-8-23(17-21)26(18-29(34)31-15-16-32(2)3)27-20-33(28-10-5-4-9-25(27)28)19-22-11-13-24(30)14-12-22/h4-14,17,20,26H,15-16,18-19H2,1-3H3,(H,31,34)/t26-/m1/s1. The number of likely N-dealkylation sites (N-methyl/N-ethyl adjacent to an activating group) is 1. The van der Waals surface area contributed by atoms with Crippen molar-refractivity contribution in [3.05, 3.63) is 107 Å². The summed E-state index contributed by atoms with van der Waals surface area (Å²) < 4.78 is 15.6. The molecule has 176 valence electrons. The highest BCUT2D eigenvalue weighted by Gasteiger charge is 2.23. The topological polar surface area (TPSA) is 37.3 Å². The largest absolute Gasteiger partial charge is 0.355 e. The van der Waals surface area contributed by atoms with Gasteiger partial charge in [0.25, 0.3) is 0 Å². The summed E-state index contributed by atoms with van der Waals surface area (Å²) in [6.45, 7) is 4.14. The van der Waals surface area contributed by atoms with Gasteiger partial charge in [-0.3, -0.25) is 4.79 Å². The van der Waals surface area contributed by atoms with Crippen LogP contribution in [0.1, 0.15) is 34.6 Å². The summed E-state index contributed by atoms with van der Waals surface area (Å²) in [7, 11) is 4.00. The van der Waals surface area contributed by atoms with Gasteiger partial charge in [-0.1, -0.05) is 60.2 Å². The smallest absolute Gasteiger partial charge is 0.220 e. The predicted octanol–water partition coefficient (Wildman–Crippen LogP) is 5.34. The first-order chi connectivity index (χ1) is 16.4. The zero-order valence-electron chi connectivity index (χ0n) is 20.1. The van der Waals surface area contributed by atoms with E-state index in [0.29, 0.717) is 19.5 Å². The van der Waals surface area contributed by atoms with Crippen LogP contribution in [0.5, 0.6) is 0 Å². The van der Waals surface area contributed by atoms with Crippen LogP contribution in [0, 0.1) is 12.7 Å². The van der Waals surface area contributed by atoms with Gasteiger partial charge in [0.1, 0.15) is 5.82 Å². The summed E-state index contributed by atoms with van der Waals surface area (Å²) in [6, 6.07) is 23.3. The second kappa shape index (κ2) is 10.7. The number of fused-ring (bicyclic) bond motifs is 1. The molecule has 4 aromatic rings. The fraction of sp³-hybridized carbons (Fsp3) is 0.276. The molecule has 0 aliphatic heterocycles. The Labute approximate surface area is 201 Å². The Kier molecular flexibility index (Phi) is 7.43. The summed E-state index contributed by atoms with van der Waals surface area (Å²) in [6.07, 6.45) is 2.54. The lowest BCUT2D eigenvalue weighted by molar-refractivity contribution is -0.121. The van der Waals surface area contributed by atoms with Crippen LogP contribution in [-0.2, 0) is 11.3 Å². The Bertz CT molecular complexity index is 1260. The Morgan fingerprint density at radius 2 is 1.79 bits per heavy atom. The molecule has 1 aromatic heterocycles. The first kappa shape index (κ1) is 23.7. The lowest BCUT2D eigenvalue weighted by Gasteiger charge is -2.18. The van der Waals surface area contributed by atoms with Gasteiger partial charge in [-0.05, 0) is 55.9 Å². The van der Waals surface area contributed by atoms with Crippen molar-refractivity contribution in [1.29, 1.82) is 0 Å². The maximum atomic E-state index is 13.4. The van der Waals surface area contributed by atoms with Crippen LogP contribution in [0.2, 0.25) is 0 Å². The molecular weight excluding hydrogens is 425 g/mol. The normalized spacial score (nSPS) is 12.3. The number of aromatic nitrogens is 1. The maximum Gasteiger partial charge on any atom is 0.220 e. The summed E-state index contributed by atoms with van der Waals surface area (Å²) in [5, 5.41) is 4.21. The van der Waals surface area contributed by atoms with Gasteiger partial charge in [-0.15, -0.1) is 0 Å². The van der Waals surface area contributed by atoms with Crippen LogP contribution in [0.3, 0.4) is 0 Å². The van der Waals surface area contributed by atoms with Gasteiger partial charge in [0, 0.05) is 49.1 Å². The molecule has 1 atom stereocenters. The van der Waals surface area contributed by atoms with Crippen molar-refractivity contribution >= 4 is 16.8 Å². The first-order valence-corrected chi connectivity index (χ1v) is 11.7. The molecule has 34 heavy (non-hydrogen) atoms. The van der Waals surface area contributed by atoms with E-state index in [4.69, 9.17) is 0 Å². The average Bonchev–Trinajstić information content (AvgIpc) is 3.17. The van der Waals surface area contributed by atoms with Crippen molar-refractivity contribution in [2.24, 2.45) is 0 Å². The van der Waals surface area contributed by atoms with Crippen LogP contribution in [0.15, 0.2) is 79.0 Å². The van der Waals surface area contributed by atoms with E-state index in [9.17, 15) is 9.18 Å². The fourth-order valence-corrected chi connectivity index (χ4v) is 4.44. The summed E-state index contributed by atoms with van der Waals surface area (Å²) in [4.78, 5) is 15.0. The zero-order valence-corrected chi connectivity index (χ0v) is 20.1.